The van der Waals surface area contributed by atoms with E-state index in [0.29, 0.717) is 31.0 Å². The molecule has 2 rings (SSSR count). The van der Waals surface area contributed by atoms with Gasteiger partial charge >= 0.3 is 5.97 Å². The van der Waals surface area contributed by atoms with Gasteiger partial charge in [-0.3, -0.25) is 9.59 Å². The lowest BCUT2D eigenvalue weighted by molar-refractivity contribution is -0.141. The van der Waals surface area contributed by atoms with Gasteiger partial charge in [0.2, 0.25) is 0 Å². The van der Waals surface area contributed by atoms with Crippen molar-refractivity contribution in [2.24, 2.45) is 0 Å². The third-order valence-corrected chi connectivity index (χ3v) is 3.53. The number of hydrogen-bond donors (Lipinski definition) is 1. The number of carbonyl (C=O) groups excluding carboxylic acids is 1. The lowest BCUT2D eigenvalue weighted by atomic mass is 10.1. The van der Waals surface area contributed by atoms with Crippen LogP contribution >= 0.6 is 11.5 Å². The van der Waals surface area contributed by atoms with Crippen molar-refractivity contribution in [3.8, 4) is 0 Å². The smallest absolute Gasteiger partial charge is 0.306 e. The number of carboxylic acid groups (broad SMARTS) is 1. The molecule has 1 atom stereocenters. The highest BCUT2D eigenvalue weighted by Gasteiger charge is 2.27. The SMILES string of the molecule is Cc1nscc1C(=O)N1CCO[C@@H](CC(=O)O)C1. The Morgan fingerprint density at radius 1 is 1.67 bits per heavy atom. The number of aromatic nitrogens is 1. The molecular weight excluding hydrogens is 256 g/mol. The maximum atomic E-state index is 12.2. The van der Waals surface area contributed by atoms with Crippen molar-refractivity contribution in [1.82, 2.24) is 9.27 Å². The van der Waals surface area contributed by atoms with Crippen molar-refractivity contribution in [2.75, 3.05) is 19.7 Å². The first-order chi connectivity index (χ1) is 8.58. The van der Waals surface area contributed by atoms with E-state index in [4.69, 9.17) is 9.84 Å². The first kappa shape index (κ1) is 13.0. The molecule has 0 bridgehead atoms. The van der Waals surface area contributed by atoms with Crippen LogP contribution in [0.5, 0.6) is 0 Å². The van der Waals surface area contributed by atoms with E-state index in [2.05, 4.69) is 4.37 Å². The van der Waals surface area contributed by atoms with Crippen LogP contribution in [-0.4, -0.2) is 52.1 Å². The minimum Gasteiger partial charge on any atom is -0.481 e. The van der Waals surface area contributed by atoms with Gasteiger partial charge in [-0.05, 0) is 18.5 Å². The highest BCUT2D eigenvalue weighted by Crippen LogP contribution is 2.16. The molecule has 0 aromatic carbocycles. The van der Waals surface area contributed by atoms with Crippen LogP contribution in [0.25, 0.3) is 0 Å². The Hall–Kier alpha value is -1.47. The largest absolute Gasteiger partial charge is 0.481 e. The van der Waals surface area contributed by atoms with E-state index in [1.165, 1.54) is 11.5 Å². The minimum atomic E-state index is -0.914. The zero-order valence-corrected chi connectivity index (χ0v) is 10.8. The molecule has 1 aromatic heterocycles. The van der Waals surface area contributed by atoms with Crippen LogP contribution in [0.15, 0.2) is 5.38 Å². The predicted molar refractivity (Wildman–Crippen MR) is 64.7 cm³/mol. The van der Waals surface area contributed by atoms with Gasteiger partial charge in [-0.2, -0.15) is 4.37 Å². The highest BCUT2D eigenvalue weighted by atomic mass is 32.1. The van der Waals surface area contributed by atoms with Crippen LogP contribution in [-0.2, 0) is 9.53 Å². The van der Waals surface area contributed by atoms with E-state index in [0.717, 1.165) is 0 Å². The van der Waals surface area contributed by atoms with E-state index >= 15 is 0 Å². The first-order valence-corrected chi connectivity index (χ1v) is 6.45. The van der Waals surface area contributed by atoms with Gasteiger partial charge in [0.05, 0.1) is 30.4 Å². The second kappa shape index (κ2) is 5.45. The molecule has 0 spiro atoms. The van der Waals surface area contributed by atoms with Crippen LogP contribution in [0, 0.1) is 6.92 Å². The number of rotatable bonds is 3. The summed E-state index contributed by atoms with van der Waals surface area (Å²) in [7, 11) is 0. The standard InChI is InChI=1S/C11H14N2O4S/c1-7-9(6-18-12-7)11(16)13-2-3-17-8(5-13)4-10(14)15/h6,8H,2-5H2,1H3,(H,14,15)/t8-/m0/s1. The number of ether oxygens (including phenoxy) is 1. The third kappa shape index (κ3) is 2.85. The van der Waals surface area contributed by atoms with Crippen molar-refractivity contribution in [3.63, 3.8) is 0 Å². The van der Waals surface area contributed by atoms with E-state index in [1.54, 1.807) is 17.2 Å². The monoisotopic (exact) mass is 270 g/mol. The molecule has 1 aliphatic heterocycles. The van der Waals surface area contributed by atoms with Crippen molar-refractivity contribution in [3.05, 3.63) is 16.6 Å². The van der Waals surface area contributed by atoms with Gasteiger partial charge in [0.1, 0.15) is 0 Å². The average molecular weight is 270 g/mol. The topological polar surface area (TPSA) is 79.7 Å². The van der Waals surface area contributed by atoms with E-state index < -0.39 is 12.1 Å². The van der Waals surface area contributed by atoms with Gasteiger partial charge in [0.25, 0.3) is 5.91 Å². The minimum absolute atomic E-state index is 0.0787. The summed E-state index contributed by atoms with van der Waals surface area (Å²) in [6.45, 7) is 2.98. The van der Waals surface area contributed by atoms with Crippen LogP contribution in [0.2, 0.25) is 0 Å². The molecule has 1 saturated heterocycles. The number of amides is 1. The molecule has 98 valence electrons. The van der Waals surface area contributed by atoms with Crippen molar-refractivity contribution >= 4 is 23.4 Å². The zero-order chi connectivity index (χ0) is 13.1. The van der Waals surface area contributed by atoms with E-state index in [-0.39, 0.29) is 12.3 Å². The van der Waals surface area contributed by atoms with Gasteiger partial charge < -0.3 is 14.7 Å². The molecule has 0 saturated carbocycles. The third-order valence-electron chi connectivity index (χ3n) is 2.81. The lowest BCUT2D eigenvalue weighted by Crippen LogP contribution is -2.46. The molecule has 1 amide bonds. The second-order valence-electron chi connectivity index (χ2n) is 4.16. The molecule has 1 aromatic rings. The Morgan fingerprint density at radius 2 is 2.44 bits per heavy atom. The molecule has 2 heterocycles. The molecule has 1 N–H and O–H groups in total. The van der Waals surface area contributed by atoms with Crippen LogP contribution in [0.1, 0.15) is 22.5 Å². The second-order valence-corrected chi connectivity index (χ2v) is 4.78. The van der Waals surface area contributed by atoms with Gasteiger partial charge in [-0.1, -0.05) is 0 Å². The van der Waals surface area contributed by atoms with Crippen molar-refractivity contribution in [2.45, 2.75) is 19.4 Å². The number of aliphatic carboxylic acids is 1. The molecule has 1 fully saturated rings. The van der Waals surface area contributed by atoms with Crippen LogP contribution in [0.4, 0.5) is 0 Å². The van der Waals surface area contributed by atoms with Gasteiger partial charge in [-0.25, -0.2) is 0 Å². The summed E-state index contributed by atoms with van der Waals surface area (Å²) in [6, 6.07) is 0. The van der Waals surface area contributed by atoms with Gasteiger partial charge in [0, 0.05) is 18.5 Å². The van der Waals surface area contributed by atoms with Gasteiger partial charge in [-0.15, -0.1) is 0 Å². The Kier molecular flexibility index (Phi) is 3.93. The number of carboxylic acids is 1. The molecule has 0 aliphatic carbocycles. The number of nitrogens with zero attached hydrogens (tertiary/aromatic N) is 2. The zero-order valence-electron chi connectivity index (χ0n) is 9.96. The number of carbonyl (C=O) groups is 2. The summed E-state index contributed by atoms with van der Waals surface area (Å²) >= 11 is 1.25. The Morgan fingerprint density at radius 3 is 3.06 bits per heavy atom. The van der Waals surface area contributed by atoms with Gasteiger partial charge in [0.15, 0.2) is 0 Å². The molecule has 7 heteroatoms. The van der Waals surface area contributed by atoms with E-state index in [1.807, 2.05) is 0 Å². The summed E-state index contributed by atoms with van der Waals surface area (Å²) in [4.78, 5) is 24.5. The molecule has 0 unspecified atom stereocenters. The summed E-state index contributed by atoms with van der Waals surface area (Å²) < 4.78 is 9.40. The lowest BCUT2D eigenvalue weighted by Gasteiger charge is -2.32. The predicted octanol–water partition coefficient (Wildman–Crippen LogP) is 0.767. The first-order valence-electron chi connectivity index (χ1n) is 5.61. The van der Waals surface area contributed by atoms with Crippen LogP contribution in [0.3, 0.4) is 0 Å². The highest BCUT2D eigenvalue weighted by molar-refractivity contribution is 7.03. The Bertz CT molecular complexity index is 460. The molecule has 6 nitrogen and oxygen atoms in total. The summed E-state index contributed by atoms with van der Waals surface area (Å²) in [6.07, 6.45) is -0.503. The van der Waals surface area contributed by atoms with E-state index in [9.17, 15) is 9.59 Å². The number of hydrogen-bond acceptors (Lipinski definition) is 5. The number of aryl methyl sites for hydroxylation is 1. The Balaban J connectivity index is 2.03. The fourth-order valence-corrected chi connectivity index (χ4v) is 2.58. The normalized spacial score (nSPS) is 19.8. The fourth-order valence-electron chi connectivity index (χ4n) is 1.89. The molecular formula is C11H14N2O4S. The number of morpholine rings is 1. The maximum absolute atomic E-state index is 12.2. The maximum Gasteiger partial charge on any atom is 0.306 e. The van der Waals surface area contributed by atoms with Crippen LogP contribution < -0.4 is 0 Å². The molecule has 18 heavy (non-hydrogen) atoms. The molecule has 1 aliphatic rings. The summed E-state index contributed by atoms with van der Waals surface area (Å²) in [5.74, 6) is -1.01. The average Bonchev–Trinajstić information content (AvgIpc) is 2.74. The summed E-state index contributed by atoms with van der Waals surface area (Å²) in [5, 5.41) is 10.4. The fraction of sp³-hybridized carbons (Fsp3) is 0.545. The quantitative estimate of drug-likeness (QED) is 0.877. The van der Waals surface area contributed by atoms with Crippen molar-refractivity contribution in [1.29, 1.82) is 0 Å². The van der Waals surface area contributed by atoms with Crippen molar-refractivity contribution < 1.29 is 19.4 Å². The summed E-state index contributed by atoms with van der Waals surface area (Å²) in [5.41, 5.74) is 1.31. The molecule has 0 radical (unpaired) electrons. The Labute approximate surface area is 108 Å².